The number of unbranched alkanes of at least 4 members (excludes halogenated alkanes) is 31. The molecule has 7 atom stereocenters. The zero-order valence-corrected chi connectivity index (χ0v) is 52.0. The van der Waals surface area contributed by atoms with Gasteiger partial charge < -0.3 is 40.3 Å². The lowest BCUT2D eigenvalue weighted by atomic mass is 9.99. The van der Waals surface area contributed by atoms with Crippen molar-refractivity contribution >= 4 is 5.91 Å². The van der Waals surface area contributed by atoms with Crippen LogP contribution in [0.5, 0.6) is 0 Å². The highest BCUT2D eigenvalue weighted by Crippen LogP contribution is 2.23. The maximum Gasteiger partial charge on any atom is 0.220 e. The molecule has 0 aromatic carbocycles. The van der Waals surface area contributed by atoms with Crippen LogP contribution in [0, 0.1) is 0 Å². The zero-order chi connectivity index (χ0) is 58.6. The molecule has 0 bridgehead atoms. The van der Waals surface area contributed by atoms with Crippen LogP contribution in [0.25, 0.3) is 0 Å². The van der Waals surface area contributed by atoms with E-state index in [9.17, 15) is 30.3 Å². The molecule has 0 aliphatic carbocycles. The first kappa shape index (κ1) is 75.9. The summed E-state index contributed by atoms with van der Waals surface area (Å²) in [6.07, 6.45) is 81.8. The van der Waals surface area contributed by atoms with E-state index in [1.807, 2.05) is 6.08 Å². The Morgan fingerprint density at radius 1 is 0.432 bits per heavy atom. The maximum atomic E-state index is 13.1. The minimum atomic E-state index is -1.58. The molecular formula is C72H125NO8. The topological polar surface area (TPSA) is 149 Å². The minimum absolute atomic E-state index is 0.188. The number of carbonyl (C=O) groups excluding carboxylic acids is 1. The Balaban J connectivity index is 2.15. The number of hydrogen-bond acceptors (Lipinski definition) is 8. The van der Waals surface area contributed by atoms with Crippen LogP contribution in [0.3, 0.4) is 0 Å². The van der Waals surface area contributed by atoms with Gasteiger partial charge in [0, 0.05) is 6.42 Å². The number of aliphatic hydroxyl groups is 5. The summed E-state index contributed by atoms with van der Waals surface area (Å²) in [6.45, 7) is 3.67. The van der Waals surface area contributed by atoms with Gasteiger partial charge in [-0.15, -0.1) is 0 Å². The third-order valence-electron chi connectivity index (χ3n) is 15.3. The lowest BCUT2D eigenvalue weighted by Gasteiger charge is -2.40. The average molecular weight is 1130 g/mol. The molecule has 466 valence electrons. The van der Waals surface area contributed by atoms with E-state index in [1.54, 1.807) is 6.08 Å². The zero-order valence-electron chi connectivity index (χ0n) is 52.0. The van der Waals surface area contributed by atoms with Crippen LogP contribution in [0.4, 0.5) is 0 Å². The van der Waals surface area contributed by atoms with Crippen LogP contribution < -0.4 is 5.32 Å². The third kappa shape index (κ3) is 48.9. The second kappa shape index (κ2) is 60.0. The predicted molar refractivity (Wildman–Crippen MR) is 345 cm³/mol. The van der Waals surface area contributed by atoms with Crippen molar-refractivity contribution in [1.29, 1.82) is 0 Å². The first-order valence-corrected chi connectivity index (χ1v) is 33.6. The van der Waals surface area contributed by atoms with Gasteiger partial charge in [0.25, 0.3) is 0 Å². The number of rotatable bonds is 57. The van der Waals surface area contributed by atoms with Crippen molar-refractivity contribution in [2.75, 3.05) is 13.2 Å². The fourth-order valence-electron chi connectivity index (χ4n) is 10.1. The fourth-order valence-corrected chi connectivity index (χ4v) is 10.1. The molecule has 1 fully saturated rings. The Hall–Kier alpha value is -3.15. The highest BCUT2D eigenvalue weighted by molar-refractivity contribution is 5.76. The molecule has 0 radical (unpaired) electrons. The van der Waals surface area contributed by atoms with Crippen molar-refractivity contribution in [3.63, 3.8) is 0 Å². The molecule has 9 heteroatoms. The summed E-state index contributed by atoms with van der Waals surface area (Å²) in [5, 5.41) is 54.7. The Morgan fingerprint density at radius 2 is 0.778 bits per heavy atom. The van der Waals surface area contributed by atoms with E-state index in [-0.39, 0.29) is 12.5 Å². The first-order chi connectivity index (χ1) is 39.8. The van der Waals surface area contributed by atoms with Gasteiger partial charge in [-0.1, -0.05) is 297 Å². The highest BCUT2D eigenvalue weighted by Gasteiger charge is 2.44. The van der Waals surface area contributed by atoms with E-state index < -0.39 is 49.5 Å². The van der Waals surface area contributed by atoms with Crippen molar-refractivity contribution in [2.24, 2.45) is 0 Å². The SMILES string of the molecule is CC/C=C\C/C=C\C/C=C\C/C=C\C/C=C\C/C=C\C/C=C\CCCCCCCCCCCCCCCCCC(=O)NC(COC1OC(CO)C(O)C(O)C1O)C(O)/C=C/CC/C=C/CCCCCCCCCCCCCCCCC. The summed E-state index contributed by atoms with van der Waals surface area (Å²) in [4.78, 5) is 13.1. The normalized spacial score (nSPS) is 19.1. The van der Waals surface area contributed by atoms with Gasteiger partial charge in [-0.2, -0.15) is 0 Å². The summed E-state index contributed by atoms with van der Waals surface area (Å²) in [7, 11) is 0. The summed E-state index contributed by atoms with van der Waals surface area (Å²) >= 11 is 0. The third-order valence-corrected chi connectivity index (χ3v) is 15.3. The van der Waals surface area contributed by atoms with Crippen LogP contribution in [-0.4, -0.2) is 87.5 Å². The van der Waals surface area contributed by atoms with Gasteiger partial charge in [-0.3, -0.25) is 4.79 Å². The molecule has 0 aromatic heterocycles. The van der Waals surface area contributed by atoms with Crippen LogP contribution in [0.15, 0.2) is 109 Å². The smallest absolute Gasteiger partial charge is 0.220 e. The fraction of sp³-hybridized carbons (Fsp3) is 0.736. The van der Waals surface area contributed by atoms with E-state index in [2.05, 4.69) is 116 Å². The molecule has 1 aliphatic heterocycles. The summed E-state index contributed by atoms with van der Waals surface area (Å²) < 4.78 is 11.3. The molecule has 7 unspecified atom stereocenters. The lowest BCUT2D eigenvalue weighted by molar-refractivity contribution is -0.302. The molecule has 1 aliphatic rings. The predicted octanol–water partition coefficient (Wildman–Crippen LogP) is 18.1. The maximum absolute atomic E-state index is 13.1. The molecule has 1 rings (SSSR count). The second-order valence-electron chi connectivity index (χ2n) is 22.9. The molecule has 9 nitrogen and oxygen atoms in total. The number of carbonyl (C=O) groups is 1. The van der Waals surface area contributed by atoms with Crippen molar-refractivity contribution in [3.05, 3.63) is 109 Å². The number of hydrogen-bond donors (Lipinski definition) is 6. The quantitative estimate of drug-likeness (QED) is 0.0261. The number of allylic oxidation sites excluding steroid dienone is 17. The lowest BCUT2D eigenvalue weighted by Crippen LogP contribution is -2.60. The van der Waals surface area contributed by atoms with Gasteiger partial charge in [-0.25, -0.2) is 0 Å². The number of amides is 1. The number of aliphatic hydroxyl groups excluding tert-OH is 5. The second-order valence-corrected chi connectivity index (χ2v) is 22.9. The van der Waals surface area contributed by atoms with E-state index in [0.29, 0.717) is 6.42 Å². The summed E-state index contributed by atoms with van der Waals surface area (Å²) in [6, 6.07) is -0.828. The molecule has 0 spiro atoms. The standard InChI is InChI=1S/C72H125NO8/c1-3-5-7-9-11-13-15-17-19-21-23-25-26-27-28-29-30-31-32-33-34-35-36-37-38-39-40-42-44-46-48-50-52-54-56-58-60-62-68(76)73-65(64-80-72-71(79)70(78)69(77)67(63-74)81-72)66(75)61-59-57-55-53-51-49-47-45-43-41-24-22-20-18-16-14-12-10-8-6-4-2/h5,7,11,13,17,19,23,25,27-28,30-31,33-34,51,53,59,61,65-67,69-72,74-75,77-79H,3-4,6,8-10,12,14-16,18,20-22,24,26,29,32,35-50,52,54-58,60,62-64H2,1-2H3,(H,73,76)/b7-5-,13-11-,19-17-,25-23-,28-27-,31-30-,34-33-,53-51+,61-59+. The first-order valence-electron chi connectivity index (χ1n) is 33.6. The van der Waals surface area contributed by atoms with Gasteiger partial charge in [-0.05, 0) is 89.9 Å². The molecule has 1 saturated heterocycles. The Morgan fingerprint density at radius 3 is 1.19 bits per heavy atom. The van der Waals surface area contributed by atoms with E-state index in [1.165, 1.54) is 180 Å². The van der Waals surface area contributed by atoms with Gasteiger partial charge in [0.15, 0.2) is 6.29 Å². The average Bonchev–Trinajstić information content (AvgIpc) is 3.49. The summed E-state index contributed by atoms with van der Waals surface area (Å²) in [5.74, 6) is -0.188. The van der Waals surface area contributed by atoms with Crippen LogP contribution in [0.2, 0.25) is 0 Å². The van der Waals surface area contributed by atoms with Crippen LogP contribution >= 0.6 is 0 Å². The van der Waals surface area contributed by atoms with E-state index in [4.69, 9.17) is 9.47 Å². The van der Waals surface area contributed by atoms with Gasteiger partial charge in [0.2, 0.25) is 5.91 Å². The number of ether oxygens (including phenoxy) is 2. The molecular weight excluding hydrogens is 1010 g/mol. The van der Waals surface area contributed by atoms with Crippen molar-refractivity contribution in [3.8, 4) is 0 Å². The molecule has 1 amide bonds. The van der Waals surface area contributed by atoms with Crippen molar-refractivity contribution in [1.82, 2.24) is 5.32 Å². The van der Waals surface area contributed by atoms with Crippen LogP contribution in [-0.2, 0) is 14.3 Å². The summed E-state index contributed by atoms with van der Waals surface area (Å²) in [5.41, 5.74) is 0. The van der Waals surface area contributed by atoms with Crippen molar-refractivity contribution in [2.45, 2.75) is 326 Å². The molecule has 1 heterocycles. The highest BCUT2D eigenvalue weighted by atomic mass is 16.7. The van der Waals surface area contributed by atoms with Gasteiger partial charge in [0.1, 0.15) is 24.4 Å². The molecule has 0 aromatic rings. The Bertz CT molecular complexity index is 1640. The van der Waals surface area contributed by atoms with Gasteiger partial charge in [0.05, 0.1) is 25.4 Å². The minimum Gasteiger partial charge on any atom is -0.394 e. The van der Waals surface area contributed by atoms with Crippen molar-refractivity contribution < 1.29 is 39.8 Å². The van der Waals surface area contributed by atoms with E-state index >= 15 is 0 Å². The molecule has 0 saturated carbocycles. The largest absolute Gasteiger partial charge is 0.394 e. The van der Waals surface area contributed by atoms with Gasteiger partial charge >= 0.3 is 0 Å². The Kier molecular flexibility index (Phi) is 56.2. The Labute approximate surface area is 497 Å². The monoisotopic (exact) mass is 1130 g/mol. The van der Waals surface area contributed by atoms with E-state index in [0.717, 1.165) is 83.5 Å². The van der Waals surface area contributed by atoms with Crippen LogP contribution in [0.1, 0.15) is 284 Å². The number of nitrogens with one attached hydrogen (secondary N) is 1. The molecule has 81 heavy (non-hydrogen) atoms. The molecule has 6 N–H and O–H groups in total.